The Labute approximate surface area is 131 Å². The van der Waals surface area contributed by atoms with Crippen LogP contribution >= 0.6 is 0 Å². The molecule has 1 atom stereocenters. The van der Waals surface area contributed by atoms with Crippen LogP contribution in [0, 0.1) is 0 Å². The molecule has 22 heavy (non-hydrogen) atoms. The molecule has 122 valence electrons. The number of nitrogens with zero attached hydrogens (tertiary/aromatic N) is 2. The Bertz CT molecular complexity index is 514. The van der Waals surface area contributed by atoms with E-state index in [-0.39, 0.29) is 12.1 Å². The molecule has 1 fully saturated rings. The Hall–Kier alpha value is -1.82. The average Bonchev–Trinajstić information content (AvgIpc) is 2.92. The number of rotatable bonds is 4. The van der Waals surface area contributed by atoms with Crippen LogP contribution in [0.5, 0.6) is 5.75 Å². The van der Waals surface area contributed by atoms with E-state index in [2.05, 4.69) is 4.98 Å². The predicted molar refractivity (Wildman–Crippen MR) is 83.6 cm³/mol. The van der Waals surface area contributed by atoms with Crippen molar-refractivity contribution < 1.29 is 14.3 Å². The molecule has 1 unspecified atom stereocenters. The van der Waals surface area contributed by atoms with Gasteiger partial charge in [0.05, 0.1) is 12.2 Å². The molecular weight excluding hydrogens is 282 g/mol. The van der Waals surface area contributed by atoms with Gasteiger partial charge < -0.3 is 20.1 Å². The maximum Gasteiger partial charge on any atom is 0.410 e. The van der Waals surface area contributed by atoms with Crippen molar-refractivity contribution in [2.24, 2.45) is 5.73 Å². The van der Waals surface area contributed by atoms with Gasteiger partial charge in [0.15, 0.2) is 0 Å². The number of carbonyl (C=O) groups excluding carboxylic acids is 1. The molecule has 2 N–H and O–H groups in total. The molecule has 0 saturated carbocycles. The summed E-state index contributed by atoms with van der Waals surface area (Å²) in [5.74, 6) is 0.682. The normalized spacial score (nSPS) is 18.4. The lowest BCUT2D eigenvalue weighted by Gasteiger charge is -2.28. The van der Waals surface area contributed by atoms with Gasteiger partial charge in [-0.15, -0.1) is 0 Å². The summed E-state index contributed by atoms with van der Waals surface area (Å²) in [6, 6.07) is 1.87. The van der Waals surface area contributed by atoms with Gasteiger partial charge in [-0.2, -0.15) is 0 Å². The third-order valence-electron chi connectivity index (χ3n) is 3.53. The topological polar surface area (TPSA) is 77.7 Å². The second-order valence-corrected chi connectivity index (χ2v) is 6.47. The first kappa shape index (κ1) is 16.5. The van der Waals surface area contributed by atoms with Gasteiger partial charge in [-0.3, -0.25) is 4.98 Å². The lowest BCUT2D eigenvalue weighted by atomic mass is 10.2. The molecule has 2 rings (SSSR count). The summed E-state index contributed by atoms with van der Waals surface area (Å²) in [6.07, 6.45) is 4.96. The van der Waals surface area contributed by atoms with E-state index in [1.165, 1.54) is 0 Å². The molecule has 1 saturated heterocycles. The van der Waals surface area contributed by atoms with Crippen LogP contribution in [0.4, 0.5) is 4.79 Å². The van der Waals surface area contributed by atoms with Crippen molar-refractivity contribution in [1.82, 2.24) is 9.88 Å². The van der Waals surface area contributed by atoms with Gasteiger partial charge in [0, 0.05) is 24.8 Å². The van der Waals surface area contributed by atoms with Gasteiger partial charge in [0.25, 0.3) is 0 Å². The molecule has 1 aliphatic rings. The number of nitrogens with two attached hydrogens (primary N) is 1. The second kappa shape index (κ2) is 6.96. The number of carbonyl (C=O) groups is 1. The van der Waals surface area contributed by atoms with Crippen LogP contribution in [0.25, 0.3) is 0 Å². The molecule has 0 aromatic carbocycles. The van der Waals surface area contributed by atoms with E-state index in [0.29, 0.717) is 25.4 Å². The molecular formula is C16H25N3O3. The smallest absolute Gasteiger partial charge is 0.410 e. The Kier molecular flexibility index (Phi) is 5.24. The summed E-state index contributed by atoms with van der Waals surface area (Å²) >= 11 is 0. The van der Waals surface area contributed by atoms with Gasteiger partial charge in [0.1, 0.15) is 18.0 Å². The van der Waals surface area contributed by atoms with E-state index in [1.54, 1.807) is 17.3 Å². The van der Waals surface area contributed by atoms with Crippen LogP contribution in [-0.2, 0) is 11.3 Å². The number of ether oxygens (including phenoxy) is 2. The number of hydrogen-bond donors (Lipinski definition) is 1. The molecule has 0 radical (unpaired) electrons. The Morgan fingerprint density at radius 2 is 2.27 bits per heavy atom. The van der Waals surface area contributed by atoms with Gasteiger partial charge in [-0.25, -0.2) is 4.79 Å². The minimum absolute atomic E-state index is 0.0284. The van der Waals surface area contributed by atoms with E-state index in [9.17, 15) is 4.79 Å². The van der Waals surface area contributed by atoms with Crippen molar-refractivity contribution in [2.75, 3.05) is 13.2 Å². The highest BCUT2D eigenvalue weighted by molar-refractivity contribution is 5.69. The summed E-state index contributed by atoms with van der Waals surface area (Å²) in [7, 11) is 0. The van der Waals surface area contributed by atoms with Crippen molar-refractivity contribution in [2.45, 2.75) is 51.8 Å². The number of pyridine rings is 1. The molecule has 2 heterocycles. The SMILES string of the molecule is CC(C)(C)OC(=O)N1CCCC1COc1cnccc1CN. The summed E-state index contributed by atoms with van der Waals surface area (Å²) < 4.78 is 11.3. The molecule has 6 heteroatoms. The third-order valence-corrected chi connectivity index (χ3v) is 3.53. The molecule has 1 aliphatic heterocycles. The van der Waals surface area contributed by atoms with Gasteiger partial charge in [0.2, 0.25) is 0 Å². The predicted octanol–water partition coefficient (Wildman–Crippen LogP) is 2.32. The van der Waals surface area contributed by atoms with E-state index < -0.39 is 5.60 Å². The number of amides is 1. The van der Waals surface area contributed by atoms with Crippen LogP contribution in [0.3, 0.4) is 0 Å². The Morgan fingerprint density at radius 3 is 2.95 bits per heavy atom. The highest BCUT2D eigenvalue weighted by atomic mass is 16.6. The quantitative estimate of drug-likeness (QED) is 0.923. The molecule has 6 nitrogen and oxygen atoms in total. The Morgan fingerprint density at radius 1 is 1.50 bits per heavy atom. The molecule has 1 amide bonds. The largest absolute Gasteiger partial charge is 0.489 e. The fraction of sp³-hybridized carbons (Fsp3) is 0.625. The fourth-order valence-electron chi connectivity index (χ4n) is 2.46. The van der Waals surface area contributed by atoms with Crippen LogP contribution < -0.4 is 10.5 Å². The monoisotopic (exact) mass is 307 g/mol. The number of hydrogen-bond acceptors (Lipinski definition) is 5. The van der Waals surface area contributed by atoms with Gasteiger partial charge in [-0.05, 0) is 39.7 Å². The third kappa shape index (κ3) is 4.34. The molecule has 0 spiro atoms. The number of likely N-dealkylation sites (tertiary alicyclic amines) is 1. The van der Waals surface area contributed by atoms with Crippen LogP contribution in [-0.4, -0.2) is 40.8 Å². The standard InChI is InChI=1S/C16H25N3O3/c1-16(2,3)22-15(20)19-8-4-5-13(19)11-21-14-10-18-7-6-12(14)9-17/h6-7,10,13H,4-5,8-9,11,17H2,1-3H3. The number of aromatic nitrogens is 1. The average molecular weight is 307 g/mol. The Balaban J connectivity index is 1.95. The molecule has 1 aromatic heterocycles. The molecule has 1 aromatic rings. The molecule has 0 aliphatic carbocycles. The van der Waals surface area contributed by atoms with Crippen molar-refractivity contribution in [3.8, 4) is 5.75 Å². The zero-order valence-corrected chi connectivity index (χ0v) is 13.5. The lowest BCUT2D eigenvalue weighted by Crippen LogP contribution is -2.42. The zero-order valence-electron chi connectivity index (χ0n) is 13.5. The first-order valence-corrected chi connectivity index (χ1v) is 7.66. The minimum Gasteiger partial charge on any atom is -0.489 e. The first-order valence-electron chi connectivity index (χ1n) is 7.66. The van der Waals surface area contributed by atoms with Crippen molar-refractivity contribution >= 4 is 6.09 Å². The van der Waals surface area contributed by atoms with Crippen LogP contribution in [0.15, 0.2) is 18.5 Å². The van der Waals surface area contributed by atoms with E-state index in [4.69, 9.17) is 15.2 Å². The maximum atomic E-state index is 12.2. The highest BCUT2D eigenvalue weighted by Gasteiger charge is 2.32. The minimum atomic E-state index is -0.485. The summed E-state index contributed by atoms with van der Waals surface area (Å²) in [5.41, 5.74) is 6.12. The highest BCUT2D eigenvalue weighted by Crippen LogP contribution is 2.23. The van der Waals surface area contributed by atoms with Crippen molar-refractivity contribution in [1.29, 1.82) is 0 Å². The second-order valence-electron chi connectivity index (χ2n) is 6.47. The van der Waals surface area contributed by atoms with E-state index >= 15 is 0 Å². The van der Waals surface area contributed by atoms with Gasteiger partial charge >= 0.3 is 6.09 Å². The van der Waals surface area contributed by atoms with Crippen LogP contribution in [0.2, 0.25) is 0 Å². The summed E-state index contributed by atoms with van der Waals surface area (Å²) in [5, 5.41) is 0. The van der Waals surface area contributed by atoms with E-state index in [1.807, 2.05) is 26.8 Å². The summed E-state index contributed by atoms with van der Waals surface area (Å²) in [6.45, 7) is 7.15. The fourth-order valence-corrected chi connectivity index (χ4v) is 2.46. The van der Waals surface area contributed by atoms with E-state index in [0.717, 1.165) is 18.4 Å². The maximum absolute atomic E-state index is 12.2. The summed E-state index contributed by atoms with van der Waals surface area (Å²) in [4.78, 5) is 18.0. The molecule has 0 bridgehead atoms. The lowest BCUT2D eigenvalue weighted by molar-refractivity contribution is 0.0187. The van der Waals surface area contributed by atoms with Crippen molar-refractivity contribution in [3.05, 3.63) is 24.0 Å². The zero-order chi connectivity index (χ0) is 16.2. The first-order chi connectivity index (χ1) is 10.4. The van der Waals surface area contributed by atoms with Crippen molar-refractivity contribution in [3.63, 3.8) is 0 Å². The van der Waals surface area contributed by atoms with Crippen LogP contribution in [0.1, 0.15) is 39.2 Å². The van der Waals surface area contributed by atoms with Gasteiger partial charge in [-0.1, -0.05) is 0 Å².